The second kappa shape index (κ2) is 6.45. The van der Waals surface area contributed by atoms with Crippen molar-refractivity contribution in [1.29, 1.82) is 0 Å². The van der Waals surface area contributed by atoms with Gasteiger partial charge < -0.3 is 15.1 Å². The first-order chi connectivity index (χ1) is 9.06. The number of carbonyl (C=O) groups is 1. The molecule has 1 aromatic carbocycles. The van der Waals surface area contributed by atoms with Crippen molar-refractivity contribution in [3.05, 3.63) is 27.8 Å². The van der Waals surface area contributed by atoms with Gasteiger partial charge >= 0.3 is 6.03 Å². The summed E-state index contributed by atoms with van der Waals surface area (Å²) in [7, 11) is 3.61. The average molecular weight is 373 g/mol. The van der Waals surface area contributed by atoms with Crippen LogP contribution in [0.25, 0.3) is 0 Å². The Kier molecular flexibility index (Phi) is 4.90. The fraction of sp³-hybridized carbons (Fsp3) is 0.500. The summed E-state index contributed by atoms with van der Waals surface area (Å²) in [5.74, 6) is 0. The number of nitrogens with one attached hydrogen (secondary N) is 1. The van der Waals surface area contributed by atoms with E-state index in [4.69, 9.17) is 0 Å². The minimum Gasteiger partial charge on any atom is -0.382 e. The zero-order valence-corrected chi connectivity index (χ0v) is 13.6. The standard InChI is InChI=1S/C14H20IN3O/c1-17(2)14(19)18-8-6-12(7-9-18)16-13-5-3-4-11(15)10-13/h3-5,10,12,16H,6-9H2,1-2H3. The van der Waals surface area contributed by atoms with Gasteiger partial charge in [0.2, 0.25) is 0 Å². The number of hydrogen-bond acceptors (Lipinski definition) is 2. The lowest BCUT2D eigenvalue weighted by atomic mass is 10.0. The minimum absolute atomic E-state index is 0.118. The third-order valence-corrected chi connectivity index (χ3v) is 4.01. The largest absolute Gasteiger partial charge is 0.382 e. The zero-order chi connectivity index (χ0) is 13.8. The van der Waals surface area contributed by atoms with Crippen LogP contribution in [0.1, 0.15) is 12.8 Å². The molecule has 0 aromatic heterocycles. The SMILES string of the molecule is CN(C)C(=O)N1CCC(Nc2cccc(I)c2)CC1. The van der Waals surface area contributed by atoms with E-state index < -0.39 is 0 Å². The lowest BCUT2D eigenvalue weighted by Crippen LogP contribution is -2.46. The number of benzene rings is 1. The molecule has 0 spiro atoms. The predicted molar refractivity (Wildman–Crippen MR) is 86.5 cm³/mol. The van der Waals surface area contributed by atoms with Crippen LogP contribution in [-0.4, -0.2) is 49.1 Å². The van der Waals surface area contributed by atoms with Gasteiger partial charge in [-0.05, 0) is 53.6 Å². The Bertz CT molecular complexity index is 442. The summed E-state index contributed by atoms with van der Waals surface area (Å²) in [6.45, 7) is 1.66. The highest BCUT2D eigenvalue weighted by atomic mass is 127. The number of urea groups is 1. The molecule has 19 heavy (non-hydrogen) atoms. The summed E-state index contributed by atoms with van der Waals surface area (Å²) in [4.78, 5) is 15.4. The van der Waals surface area contributed by atoms with Gasteiger partial charge in [0.15, 0.2) is 0 Å². The summed E-state index contributed by atoms with van der Waals surface area (Å²) in [5, 5.41) is 3.55. The molecule has 0 aliphatic carbocycles. The molecule has 2 rings (SSSR count). The first-order valence-electron chi connectivity index (χ1n) is 6.54. The van der Waals surface area contributed by atoms with E-state index >= 15 is 0 Å². The fourth-order valence-electron chi connectivity index (χ4n) is 2.31. The Morgan fingerprint density at radius 2 is 2.05 bits per heavy atom. The number of nitrogens with zero attached hydrogens (tertiary/aromatic N) is 2. The molecular weight excluding hydrogens is 353 g/mol. The molecular formula is C14H20IN3O. The van der Waals surface area contributed by atoms with E-state index in [9.17, 15) is 4.79 Å². The molecule has 0 saturated carbocycles. The minimum atomic E-state index is 0.118. The maximum absolute atomic E-state index is 11.8. The molecule has 5 heteroatoms. The van der Waals surface area contributed by atoms with Crippen molar-refractivity contribution in [2.75, 3.05) is 32.5 Å². The Labute approximate surface area is 128 Å². The molecule has 0 atom stereocenters. The monoisotopic (exact) mass is 373 g/mol. The van der Waals surface area contributed by atoms with Crippen LogP contribution in [0.4, 0.5) is 10.5 Å². The number of halogens is 1. The quantitative estimate of drug-likeness (QED) is 0.810. The van der Waals surface area contributed by atoms with Crippen LogP contribution in [0.3, 0.4) is 0 Å². The van der Waals surface area contributed by atoms with Crippen LogP contribution in [0.15, 0.2) is 24.3 Å². The Morgan fingerprint density at radius 3 is 2.63 bits per heavy atom. The highest BCUT2D eigenvalue weighted by Gasteiger charge is 2.23. The van der Waals surface area contributed by atoms with Crippen molar-refractivity contribution < 1.29 is 4.79 Å². The van der Waals surface area contributed by atoms with Crippen molar-refractivity contribution in [3.63, 3.8) is 0 Å². The number of amides is 2. The zero-order valence-electron chi connectivity index (χ0n) is 11.4. The Hall–Kier alpha value is -0.980. The molecule has 1 aliphatic heterocycles. The van der Waals surface area contributed by atoms with Crippen molar-refractivity contribution in [1.82, 2.24) is 9.80 Å². The van der Waals surface area contributed by atoms with E-state index in [-0.39, 0.29) is 6.03 Å². The maximum Gasteiger partial charge on any atom is 0.319 e. The molecule has 0 radical (unpaired) electrons. The van der Waals surface area contributed by atoms with Crippen molar-refractivity contribution in [3.8, 4) is 0 Å². The van der Waals surface area contributed by atoms with E-state index in [2.05, 4.69) is 52.2 Å². The third kappa shape index (κ3) is 3.99. The normalized spacial score (nSPS) is 16.3. The molecule has 1 aromatic rings. The molecule has 1 fully saturated rings. The van der Waals surface area contributed by atoms with Crippen LogP contribution in [0.5, 0.6) is 0 Å². The Morgan fingerprint density at radius 1 is 1.37 bits per heavy atom. The second-order valence-electron chi connectivity index (χ2n) is 5.09. The van der Waals surface area contributed by atoms with Gasteiger partial charge in [-0.15, -0.1) is 0 Å². The van der Waals surface area contributed by atoms with E-state index in [1.54, 1.807) is 19.0 Å². The van der Waals surface area contributed by atoms with Gasteiger partial charge in [-0.3, -0.25) is 0 Å². The molecule has 1 N–H and O–H groups in total. The highest BCUT2D eigenvalue weighted by Crippen LogP contribution is 2.18. The first-order valence-corrected chi connectivity index (χ1v) is 7.62. The van der Waals surface area contributed by atoms with Crippen LogP contribution >= 0.6 is 22.6 Å². The van der Waals surface area contributed by atoms with Crippen molar-refractivity contribution >= 4 is 34.3 Å². The summed E-state index contributed by atoms with van der Waals surface area (Å²) >= 11 is 2.32. The van der Waals surface area contributed by atoms with Gasteiger partial charge in [0.1, 0.15) is 0 Å². The smallest absolute Gasteiger partial charge is 0.319 e. The van der Waals surface area contributed by atoms with Gasteiger partial charge in [0, 0.05) is 42.5 Å². The lowest BCUT2D eigenvalue weighted by Gasteiger charge is -2.34. The van der Waals surface area contributed by atoms with Crippen LogP contribution < -0.4 is 5.32 Å². The molecule has 1 aliphatic rings. The second-order valence-corrected chi connectivity index (χ2v) is 6.34. The summed E-state index contributed by atoms with van der Waals surface area (Å²) in [6, 6.07) is 8.98. The number of anilines is 1. The fourth-order valence-corrected chi connectivity index (χ4v) is 2.86. The summed E-state index contributed by atoms with van der Waals surface area (Å²) in [5.41, 5.74) is 1.17. The topological polar surface area (TPSA) is 35.6 Å². The molecule has 0 bridgehead atoms. The number of rotatable bonds is 2. The maximum atomic E-state index is 11.8. The molecule has 1 heterocycles. The summed E-state index contributed by atoms with van der Waals surface area (Å²) < 4.78 is 1.24. The van der Waals surface area contributed by atoms with Crippen molar-refractivity contribution in [2.24, 2.45) is 0 Å². The average Bonchev–Trinajstić information content (AvgIpc) is 2.39. The predicted octanol–water partition coefficient (Wildman–Crippen LogP) is 2.85. The summed E-state index contributed by atoms with van der Waals surface area (Å²) in [6.07, 6.45) is 2.01. The molecule has 104 valence electrons. The van der Waals surface area contributed by atoms with Crippen LogP contribution in [0, 0.1) is 3.57 Å². The molecule has 2 amide bonds. The van der Waals surface area contributed by atoms with Gasteiger partial charge in [0.25, 0.3) is 0 Å². The number of hydrogen-bond donors (Lipinski definition) is 1. The first kappa shape index (κ1) is 14.4. The number of piperidine rings is 1. The molecule has 4 nitrogen and oxygen atoms in total. The van der Waals surface area contributed by atoms with E-state index in [1.807, 2.05) is 4.90 Å². The number of carbonyl (C=O) groups excluding carboxylic acids is 1. The van der Waals surface area contributed by atoms with E-state index in [0.29, 0.717) is 6.04 Å². The van der Waals surface area contributed by atoms with Crippen molar-refractivity contribution in [2.45, 2.75) is 18.9 Å². The highest BCUT2D eigenvalue weighted by molar-refractivity contribution is 14.1. The van der Waals surface area contributed by atoms with Crippen LogP contribution in [-0.2, 0) is 0 Å². The van der Waals surface area contributed by atoms with E-state index in [0.717, 1.165) is 25.9 Å². The van der Waals surface area contributed by atoms with Crippen LogP contribution in [0.2, 0.25) is 0 Å². The van der Waals surface area contributed by atoms with Gasteiger partial charge in [-0.2, -0.15) is 0 Å². The Balaban J connectivity index is 1.85. The van der Waals surface area contributed by atoms with E-state index in [1.165, 1.54) is 9.26 Å². The van der Waals surface area contributed by atoms with Gasteiger partial charge in [-0.1, -0.05) is 6.07 Å². The third-order valence-electron chi connectivity index (χ3n) is 3.34. The molecule has 1 saturated heterocycles. The van der Waals surface area contributed by atoms with Gasteiger partial charge in [0.05, 0.1) is 0 Å². The number of likely N-dealkylation sites (tertiary alicyclic amines) is 1. The molecule has 0 unspecified atom stereocenters. The lowest BCUT2D eigenvalue weighted by molar-refractivity contribution is 0.158. The van der Waals surface area contributed by atoms with Gasteiger partial charge in [-0.25, -0.2) is 4.79 Å².